The fourth-order valence-corrected chi connectivity index (χ4v) is 2.47. The first-order valence-corrected chi connectivity index (χ1v) is 5.91. The van der Waals surface area contributed by atoms with Gasteiger partial charge in [0.2, 0.25) is 0 Å². The maximum atomic E-state index is 2.26. The monoisotopic (exact) mass is 221 g/mol. The van der Waals surface area contributed by atoms with Crippen molar-refractivity contribution in [1.29, 1.82) is 0 Å². The summed E-state index contributed by atoms with van der Waals surface area (Å²) in [6, 6.07) is 15.2. The molecular weight excluding hydrogens is 206 g/mol. The first-order chi connectivity index (χ1) is 8.31. The fraction of sp³-hybridized carbons (Fsp3) is 0.125. The van der Waals surface area contributed by atoms with E-state index in [1.54, 1.807) is 0 Å². The van der Waals surface area contributed by atoms with Gasteiger partial charge in [-0.3, -0.25) is 0 Å². The molecule has 0 radical (unpaired) electrons. The topological polar surface area (TPSA) is 4.93 Å². The largest absolute Gasteiger partial charge is 0.344 e. The predicted octanol–water partition coefficient (Wildman–Crippen LogP) is 4.36. The van der Waals surface area contributed by atoms with Crippen molar-refractivity contribution in [2.24, 2.45) is 7.05 Å². The van der Waals surface area contributed by atoms with Crippen LogP contribution in [0.3, 0.4) is 0 Å². The fourth-order valence-electron chi connectivity index (χ4n) is 2.47. The van der Waals surface area contributed by atoms with Crippen LogP contribution in [0, 0.1) is 0 Å². The Morgan fingerprint density at radius 1 is 0.941 bits per heavy atom. The van der Waals surface area contributed by atoms with E-state index < -0.39 is 0 Å². The molecule has 17 heavy (non-hydrogen) atoms. The zero-order valence-corrected chi connectivity index (χ0v) is 10.1. The minimum absolute atomic E-state index is 1.26. The van der Waals surface area contributed by atoms with Gasteiger partial charge in [0.1, 0.15) is 0 Å². The molecule has 0 saturated heterocycles. The Morgan fingerprint density at radius 2 is 1.71 bits per heavy atom. The number of hydrogen-bond acceptors (Lipinski definition) is 0. The summed E-state index contributed by atoms with van der Waals surface area (Å²) in [6.07, 6.45) is 4.21. The van der Waals surface area contributed by atoms with Crippen LogP contribution in [0.4, 0.5) is 0 Å². The molecule has 0 aliphatic carbocycles. The lowest BCUT2D eigenvalue weighted by Crippen LogP contribution is -1.86. The van der Waals surface area contributed by atoms with Gasteiger partial charge in [0.25, 0.3) is 0 Å². The summed E-state index contributed by atoms with van der Waals surface area (Å²) in [5, 5.41) is 2.66. The third-order valence-electron chi connectivity index (χ3n) is 3.30. The molecular formula is C16H15N. The van der Waals surface area contributed by atoms with Crippen molar-refractivity contribution in [3.05, 3.63) is 54.1 Å². The minimum atomic E-state index is 1.26. The summed E-state index contributed by atoms with van der Waals surface area (Å²) in [4.78, 5) is 0. The molecule has 1 nitrogen and oxygen atoms in total. The molecule has 1 heterocycles. The Labute approximate surface area is 101 Å². The molecule has 2 aromatic carbocycles. The van der Waals surface area contributed by atoms with E-state index in [-0.39, 0.29) is 0 Å². The molecule has 0 atom stereocenters. The van der Waals surface area contributed by atoms with E-state index in [0.29, 0.717) is 0 Å². The van der Waals surface area contributed by atoms with E-state index in [0.717, 1.165) is 0 Å². The highest BCUT2D eigenvalue weighted by molar-refractivity contribution is 6.08. The van der Waals surface area contributed by atoms with E-state index >= 15 is 0 Å². The summed E-state index contributed by atoms with van der Waals surface area (Å²) in [5.74, 6) is 0. The van der Waals surface area contributed by atoms with Gasteiger partial charge in [0, 0.05) is 28.9 Å². The molecule has 0 unspecified atom stereocenters. The third kappa shape index (κ3) is 1.47. The van der Waals surface area contributed by atoms with Crippen LogP contribution < -0.4 is 0 Å². The molecule has 0 N–H and O–H groups in total. The highest BCUT2D eigenvalue weighted by atomic mass is 14.9. The van der Waals surface area contributed by atoms with E-state index in [4.69, 9.17) is 0 Å². The first-order valence-electron chi connectivity index (χ1n) is 5.91. The zero-order valence-electron chi connectivity index (χ0n) is 10.1. The average molecular weight is 221 g/mol. The molecule has 0 bridgehead atoms. The lowest BCUT2D eigenvalue weighted by atomic mass is 10.1. The first kappa shape index (κ1) is 10.2. The number of aryl methyl sites for hydroxylation is 1. The van der Waals surface area contributed by atoms with Gasteiger partial charge in [-0.15, -0.1) is 0 Å². The van der Waals surface area contributed by atoms with Crippen molar-refractivity contribution in [1.82, 2.24) is 4.57 Å². The standard InChI is InChI=1S/C16H15N/c1-3-6-12-9-10-14-13-7-4-5-8-15(13)17(2)16(14)11-12/h3-11H,1-2H3/b6-3+. The van der Waals surface area contributed by atoms with Crippen LogP contribution in [-0.2, 0) is 7.05 Å². The Balaban J connectivity index is 2.44. The second-order valence-electron chi connectivity index (χ2n) is 4.35. The van der Waals surface area contributed by atoms with E-state index in [1.807, 2.05) is 6.92 Å². The van der Waals surface area contributed by atoms with Gasteiger partial charge >= 0.3 is 0 Å². The third-order valence-corrected chi connectivity index (χ3v) is 3.30. The number of rotatable bonds is 1. The van der Waals surface area contributed by atoms with Gasteiger partial charge in [-0.2, -0.15) is 0 Å². The maximum absolute atomic E-state index is 2.26. The lowest BCUT2D eigenvalue weighted by molar-refractivity contribution is 1.01. The highest BCUT2D eigenvalue weighted by Crippen LogP contribution is 2.28. The van der Waals surface area contributed by atoms with Gasteiger partial charge < -0.3 is 4.57 Å². The number of allylic oxidation sites excluding steroid dienone is 1. The number of fused-ring (bicyclic) bond motifs is 3. The van der Waals surface area contributed by atoms with Crippen molar-refractivity contribution in [3.8, 4) is 0 Å². The van der Waals surface area contributed by atoms with Crippen molar-refractivity contribution in [2.45, 2.75) is 6.92 Å². The van der Waals surface area contributed by atoms with Crippen LogP contribution in [0.1, 0.15) is 12.5 Å². The summed E-state index contributed by atoms with van der Waals surface area (Å²) < 4.78 is 2.26. The highest BCUT2D eigenvalue weighted by Gasteiger charge is 2.06. The summed E-state index contributed by atoms with van der Waals surface area (Å²) in [5.41, 5.74) is 3.84. The van der Waals surface area contributed by atoms with Gasteiger partial charge in [-0.05, 0) is 24.6 Å². The minimum Gasteiger partial charge on any atom is -0.344 e. The SMILES string of the molecule is C/C=C/c1ccc2c3ccccc3n(C)c2c1. The van der Waals surface area contributed by atoms with E-state index in [2.05, 4.69) is 66.2 Å². The predicted molar refractivity (Wildman–Crippen MR) is 75.1 cm³/mol. The van der Waals surface area contributed by atoms with Crippen LogP contribution in [0.5, 0.6) is 0 Å². The van der Waals surface area contributed by atoms with Crippen molar-refractivity contribution in [3.63, 3.8) is 0 Å². The Kier molecular flexibility index (Phi) is 2.25. The van der Waals surface area contributed by atoms with E-state index in [9.17, 15) is 0 Å². The second kappa shape index (κ2) is 3.77. The van der Waals surface area contributed by atoms with Gasteiger partial charge in [-0.25, -0.2) is 0 Å². The maximum Gasteiger partial charge on any atom is 0.0494 e. The molecule has 3 aromatic rings. The van der Waals surface area contributed by atoms with Crippen molar-refractivity contribution < 1.29 is 0 Å². The molecule has 84 valence electrons. The van der Waals surface area contributed by atoms with Crippen molar-refractivity contribution >= 4 is 27.9 Å². The van der Waals surface area contributed by atoms with Crippen LogP contribution >= 0.6 is 0 Å². The number of hydrogen-bond donors (Lipinski definition) is 0. The lowest BCUT2D eigenvalue weighted by Gasteiger charge is -1.98. The van der Waals surface area contributed by atoms with Crippen molar-refractivity contribution in [2.75, 3.05) is 0 Å². The molecule has 1 aromatic heterocycles. The molecule has 0 spiro atoms. The van der Waals surface area contributed by atoms with E-state index in [1.165, 1.54) is 27.4 Å². The Hall–Kier alpha value is -2.02. The van der Waals surface area contributed by atoms with Crippen LogP contribution in [0.25, 0.3) is 27.9 Å². The van der Waals surface area contributed by atoms with Crippen LogP contribution in [-0.4, -0.2) is 4.57 Å². The smallest absolute Gasteiger partial charge is 0.0494 e. The number of para-hydroxylation sites is 1. The molecule has 0 saturated carbocycles. The molecule has 3 rings (SSSR count). The normalized spacial score (nSPS) is 11.9. The van der Waals surface area contributed by atoms with Gasteiger partial charge in [0.15, 0.2) is 0 Å². The quantitative estimate of drug-likeness (QED) is 0.575. The van der Waals surface area contributed by atoms with Crippen LogP contribution in [0.15, 0.2) is 48.5 Å². The number of aromatic nitrogens is 1. The molecule has 1 heteroatoms. The number of nitrogens with zero attached hydrogens (tertiary/aromatic N) is 1. The molecule has 0 aliphatic heterocycles. The summed E-state index contributed by atoms with van der Waals surface area (Å²) in [7, 11) is 2.13. The van der Waals surface area contributed by atoms with Crippen LogP contribution in [0.2, 0.25) is 0 Å². The average Bonchev–Trinajstić information content (AvgIpc) is 2.65. The number of benzene rings is 2. The summed E-state index contributed by atoms with van der Waals surface area (Å²) in [6.45, 7) is 2.05. The Bertz CT molecular complexity index is 717. The Morgan fingerprint density at radius 3 is 2.53 bits per heavy atom. The molecule has 0 fully saturated rings. The zero-order chi connectivity index (χ0) is 11.8. The van der Waals surface area contributed by atoms with Gasteiger partial charge in [-0.1, -0.05) is 42.5 Å². The molecule has 0 amide bonds. The summed E-state index contributed by atoms with van der Waals surface area (Å²) >= 11 is 0. The molecule has 0 aliphatic rings. The second-order valence-corrected chi connectivity index (χ2v) is 4.35. The van der Waals surface area contributed by atoms with Gasteiger partial charge in [0.05, 0.1) is 0 Å².